The number of anilines is 1. The molecule has 2 heterocycles. The Kier molecular flexibility index (Phi) is 1.95. The van der Waals surface area contributed by atoms with Crippen molar-refractivity contribution in [3.8, 4) is 6.07 Å². The predicted octanol–water partition coefficient (Wildman–Crippen LogP) is 0.910. The van der Waals surface area contributed by atoms with Gasteiger partial charge in [-0.25, -0.2) is 0 Å². The third kappa shape index (κ3) is 1.23. The molecule has 2 aliphatic rings. The topological polar surface area (TPSA) is 76.9 Å². The van der Waals surface area contributed by atoms with Crippen LogP contribution in [0, 0.1) is 23.2 Å². The van der Waals surface area contributed by atoms with Crippen LogP contribution >= 0.6 is 0 Å². The first-order chi connectivity index (χ1) is 7.72. The first-order valence-electron chi connectivity index (χ1n) is 5.54. The van der Waals surface area contributed by atoms with Gasteiger partial charge in [-0.2, -0.15) is 10.4 Å². The molecule has 1 aromatic rings. The highest BCUT2D eigenvalue weighted by Gasteiger charge is 2.56. The van der Waals surface area contributed by atoms with Crippen LogP contribution in [0.15, 0.2) is 6.07 Å². The van der Waals surface area contributed by atoms with Crippen LogP contribution in [-0.2, 0) is 4.74 Å². The molecular weight excluding hydrogens is 204 g/mol. The Morgan fingerprint density at radius 1 is 1.62 bits per heavy atom. The SMILES string of the molecule is CC(C#N)n1nc(N)cc1C1C2COCC21. The van der Waals surface area contributed by atoms with Gasteiger partial charge in [0.1, 0.15) is 11.9 Å². The molecule has 1 saturated carbocycles. The number of ether oxygens (including phenoxy) is 1. The summed E-state index contributed by atoms with van der Waals surface area (Å²) in [5.41, 5.74) is 6.82. The molecule has 3 atom stereocenters. The second-order valence-electron chi connectivity index (χ2n) is 4.63. The minimum absolute atomic E-state index is 0.255. The van der Waals surface area contributed by atoms with E-state index in [1.807, 2.05) is 13.0 Å². The van der Waals surface area contributed by atoms with Crippen molar-refractivity contribution in [1.82, 2.24) is 9.78 Å². The van der Waals surface area contributed by atoms with Crippen LogP contribution in [0.5, 0.6) is 0 Å². The largest absolute Gasteiger partial charge is 0.382 e. The van der Waals surface area contributed by atoms with Gasteiger partial charge in [-0.1, -0.05) is 0 Å². The minimum atomic E-state index is -0.255. The van der Waals surface area contributed by atoms with E-state index in [1.165, 1.54) is 0 Å². The van der Waals surface area contributed by atoms with Crippen LogP contribution in [-0.4, -0.2) is 23.0 Å². The van der Waals surface area contributed by atoms with Gasteiger partial charge in [0.25, 0.3) is 0 Å². The summed E-state index contributed by atoms with van der Waals surface area (Å²) < 4.78 is 7.13. The predicted molar refractivity (Wildman–Crippen MR) is 57.5 cm³/mol. The molecule has 5 heteroatoms. The van der Waals surface area contributed by atoms with Crippen molar-refractivity contribution in [3.63, 3.8) is 0 Å². The fraction of sp³-hybridized carbons (Fsp3) is 0.636. The fourth-order valence-corrected chi connectivity index (χ4v) is 2.72. The Hall–Kier alpha value is -1.54. The van der Waals surface area contributed by atoms with E-state index in [0.29, 0.717) is 23.6 Å². The van der Waals surface area contributed by atoms with Gasteiger partial charge in [0, 0.05) is 17.7 Å². The maximum Gasteiger partial charge on any atom is 0.145 e. The van der Waals surface area contributed by atoms with Crippen molar-refractivity contribution in [3.05, 3.63) is 11.8 Å². The van der Waals surface area contributed by atoms with E-state index in [0.717, 1.165) is 18.9 Å². The summed E-state index contributed by atoms with van der Waals surface area (Å²) in [7, 11) is 0. The summed E-state index contributed by atoms with van der Waals surface area (Å²) in [5.74, 6) is 2.22. The van der Waals surface area contributed by atoms with Gasteiger partial charge in [-0.15, -0.1) is 0 Å². The summed E-state index contributed by atoms with van der Waals surface area (Å²) in [4.78, 5) is 0. The van der Waals surface area contributed by atoms with E-state index < -0.39 is 0 Å². The number of nitrogens with zero attached hydrogens (tertiary/aromatic N) is 3. The van der Waals surface area contributed by atoms with E-state index in [2.05, 4.69) is 11.2 Å². The lowest BCUT2D eigenvalue weighted by molar-refractivity contribution is 0.159. The van der Waals surface area contributed by atoms with Crippen LogP contribution in [0.2, 0.25) is 0 Å². The van der Waals surface area contributed by atoms with Crippen molar-refractivity contribution < 1.29 is 4.74 Å². The lowest BCUT2D eigenvalue weighted by Crippen LogP contribution is -2.10. The summed E-state index contributed by atoms with van der Waals surface area (Å²) >= 11 is 0. The molecule has 0 radical (unpaired) electrons. The van der Waals surface area contributed by atoms with E-state index in [4.69, 9.17) is 15.7 Å². The van der Waals surface area contributed by atoms with Gasteiger partial charge in [0.2, 0.25) is 0 Å². The van der Waals surface area contributed by atoms with E-state index in [9.17, 15) is 0 Å². The quantitative estimate of drug-likeness (QED) is 0.800. The first kappa shape index (κ1) is 9.67. The lowest BCUT2D eigenvalue weighted by Gasteiger charge is -2.10. The summed E-state index contributed by atoms with van der Waals surface area (Å²) in [5, 5.41) is 13.2. The molecular formula is C11H14N4O. The normalized spacial score (nSPS) is 33.1. The standard InChI is InChI=1S/C11H14N4O/c1-6(3-12)15-9(2-10(13)14-15)11-7-4-16-5-8(7)11/h2,6-8,11H,4-5H2,1H3,(H2,13,14). The zero-order valence-electron chi connectivity index (χ0n) is 9.13. The van der Waals surface area contributed by atoms with E-state index in [1.54, 1.807) is 4.68 Å². The van der Waals surface area contributed by atoms with Gasteiger partial charge >= 0.3 is 0 Å². The third-order valence-corrected chi connectivity index (χ3v) is 3.63. The molecule has 3 unspecified atom stereocenters. The van der Waals surface area contributed by atoms with Crippen molar-refractivity contribution in [2.45, 2.75) is 18.9 Å². The molecule has 1 aliphatic carbocycles. The average molecular weight is 218 g/mol. The van der Waals surface area contributed by atoms with Crippen LogP contribution in [0.3, 0.4) is 0 Å². The number of aromatic nitrogens is 2. The van der Waals surface area contributed by atoms with E-state index >= 15 is 0 Å². The van der Waals surface area contributed by atoms with Gasteiger partial charge in [0.05, 0.1) is 19.3 Å². The molecule has 16 heavy (non-hydrogen) atoms. The Balaban J connectivity index is 1.93. The smallest absolute Gasteiger partial charge is 0.145 e. The first-order valence-corrected chi connectivity index (χ1v) is 5.54. The van der Waals surface area contributed by atoms with Gasteiger partial charge in [-0.05, 0) is 18.8 Å². The Labute approximate surface area is 93.8 Å². The number of rotatable bonds is 2. The van der Waals surface area contributed by atoms with Crippen LogP contribution in [0.1, 0.15) is 24.6 Å². The highest BCUT2D eigenvalue weighted by atomic mass is 16.5. The highest BCUT2D eigenvalue weighted by molar-refractivity contribution is 5.36. The minimum Gasteiger partial charge on any atom is -0.382 e. The van der Waals surface area contributed by atoms with Gasteiger partial charge in [0.15, 0.2) is 0 Å². The monoisotopic (exact) mass is 218 g/mol. The van der Waals surface area contributed by atoms with E-state index in [-0.39, 0.29) is 6.04 Å². The van der Waals surface area contributed by atoms with Crippen molar-refractivity contribution >= 4 is 5.82 Å². The molecule has 0 bridgehead atoms. The number of nitrogens with two attached hydrogens (primary N) is 1. The molecule has 2 N–H and O–H groups in total. The molecule has 84 valence electrons. The van der Waals surface area contributed by atoms with Crippen molar-refractivity contribution in [2.75, 3.05) is 18.9 Å². The zero-order valence-corrected chi connectivity index (χ0v) is 9.13. The summed E-state index contributed by atoms with van der Waals surface area (Å²) in [6.45, 7) is 3.51. The molecule has 2 fully saturated rings. The number of nitriles is 1. The molecule has 5 nitrogen and oxygen atoms in total. The second kappa shape index (κ2) is 3.22. The summed E-state index contributed by atoms with van der Waals surface area (Å²) in [6, 6.07) is 3.84. The Bertz CT molecular complexity index is 451. The number of fused-ring (bicyclic) bond motifs is 1. The molecule has 1 aromatic heterocycles. The van der Waals surface area contributed by atoms with Crippen LogP contribution in [0.25, 0.3) is 0 Å². The third-order valence-electron chi connectivity index (χ3n) is 3.63. The zero-order chi connectivity index (χ0) is 11.3. The average Bonchev–Trinajstić information content (AvgIpc) is 2.70. The van der Waals surface area contributed by atoms with Crippen molar-refractivity contribution in [1.29, 1.82) is 5.26 Å². The van der Waals surface area contributed by atoms with Crippen LogP contribution < -0.4 is 5.73 Å². The molecule has 1 saturated heterocycles. The number of hydrogen-bond acceptors (Lipinski definition) is 4. The Morgan fingerprint density at radius 3 is 2.94 bits per heavy atom. The molecule has 3 rings (SSSR count). The lowest BCUT2D eigenvalue weighted by atomic mass is 10.2. The number of hydrogen-bond donors (Lipinski definition) is 1. The fourth-order valence-electron chi connectivity index (χ4n) is 2.72. The van der Waals surface area contributed by atoms with Crippen molar-refractivity contribution in [2.24, 2.45) is 11.8 Å². The molecule has 0 spiro atoms. The molecule has 0 amide bonds. The highest BCUT2D eigenvalue weighted by Crippen LogP contribution is 2.57. The molecule has 0 aromatic carbocycles. The Morgan fingerprint density at radius 2 is 2.31 bits per heavy atom. The molecule has 1 aliphatic heterocycles. The van der Waals surface area contributed by atoms with Crippen LogP contribution in [0.4, 0.5) is 5.82 Å². The maximum atomic E-state index is 8.95. The maximum absolute atomic E-state index is 8.95. The van der Waals surface area contributed by atoms with Gasteiger partial charge in [-0.3, -0.25) is 4.68 Å². The second-order valence-corrected chi connectivity index (χ2v) is 4.63. The van der Waals surface area contributed by atoms with Gasteiger partial charge < -0.3 is 10.5 Å². The number of nitrogen functional groups attached to an aromatic ring is 1. The summed E-state index contributed by atoms with van der Waals surface area (Å²) in [6.07, 6.45) is 0.